The van der Waals surface area contributed by atoms with E-state index >= 15 is 0 Å². The van der Waals surface area contributed by atoms with Crippen LogP contribution in [-0.4, -0.2) is 18.2 Å². The van der Waals surface area contributed by atoms with Crippen molar-refractivity contribution in [2.45, 2.75) is 27.0 Å². The van der Waals surface area contributed by atoms with Crippen molar-refractivity contribution in [2.75, 3.05) is 7.11 Å². The van der Waals surface area contributed by atoms with Gasteiger partial charge in [0.05, 0.1) is 23.9 Å². The van der Waals surface area contributed by atoms with Crippen LogP contribution in [0.4, 0.5) is 0 Å². The van der Waals surface area contributed by atoms with E-state index in [4.69, 9.17) is 14.0 Å². The van der Waals surface area contributed by atoms with E-state index in [1.807, 2.05) is 44.2 Å². The smallest absolute Gasteiger partial charge is 0.255 e. The first kappa shape index (κ1) is 18.5. The van der Waals surface area contributed by atoms with E-state index in [0.29, 0.717) is 29.4 Å². The van der Waals surface area contributed by atoms with E-state index in [1.165, 1.54) is 0 Å². The maximum atomic E-state index is 12.7. The fraction of sp³-hybridized carbons (Fsp3) is 0.238. The minimum atomic E-state index is -0.213. The number of nitrogens with zero attached hydrogens (tertiary/aromatic N) is 1. The number of ether oxygens (including phenoxy) is 2. The molecular formula is C21H22N2O4. The van der Waals surface area contributed by atoms with Crippen LogP contribution in [0, 0.1) is 13.8 Å². The first-order valence-electron chi connectivity index (χ1n) is 8.63. The molecule has 3 aromatic rings. The zero-order chi connectivity index (χ0) is 19.2. The van der Waals surface area contributed by atoms with Gasteiger partial charge in [0.1, 0.15) is 23.9 Å². The molecule has 0 aliphatic rings. The summed E-state index contributed by atoms with van der Waals surface area (Å²) in [5.74, 6) is 1.55. The first-order valence-corrected chi connectivity index (χ1v) is 8.63. The predicted molar refractivity (Wildman–Crippen MR) is 101 cm³/mol. The van der Waals surface area contributed by atoms with Crippen LogP contribution >= 0.6 is 0 Å². The summed E-state index contributed by atoms with van der Waals surface area (Å²) in [6.07, 6.45) is 0. The number of methoxy groups -OCH3 is 1. The van der Waals surface area contributed by atoms with Crippen molar-refractivity contribution >= 4 is 5.91 Å². The van der Waals surface area contributed by atoms with Crippen LogP contribution in [-0.2, 0) is 13.2 Å². The molecule has 6 nitrogen and oxygen atoms in total. The lowest BCUT2D eigenvalue weighted by atomic mass is 10.1. The van der Waals surface area contributed by atoms with E-state index < -0.39 is 0 Å². The van der Waals surface area contributed by atoms with Gasteiger partial charge >= 0.3 is 0 Å². The van der Waals surface area contributed by atoms with Crippen LogP contribution in [0.25, 0.3) is 0 Å². The number of hydrogen-bond donors (Lipinski definition) is 1. The van der Waals surface area contributed by atoms with Gasteiger partial charge < -0.3 is 19.3 Å². The molecule has 0 bridgehead atoms. The molecule has 1 heterocycles. The van der Waals surface area contributed by atoms with Crippen molar-refractivity contribution < 1.29 is 18.8 Å². The maximum absolute atomic E-state index is 12.7. The quantitative estimate of drug-likeness (QED) is 0.688. The van der Waals surface area contributed by atoms with Gasteiger partial charge in [-0.25, -0.2) is 0 Å². The van der Waals surface area contributed by atoms with Crippen molar-refractivity contribution in [3.63, 3.8) is 0 Å². The van der Waals surface area contributed by atoms with E-state index in [-0.39, 0.29) is 12.5 Å². The maximum Gasteiger partial charge on any atom is 0.255 e. The summed E-state index contributed by atoms with van der Waals surface area (Å²) >= 11 is 0. The molecule has 0 aliphatic carbocycles. The number of aromatic nitrogens is 1. The highest BCUT2D eigenvalue weighted by Crippen LogP contribution is 2.26. The first-order chi connectivity index (χ1) is 13.1. The summed E-state index contributed by atoms with van der Waals surface area (Å²) in [7, 11) is 1.57. The van der Waals surface area contributed by atoms with Gasteiger partial charge in [-0.1, -0.05) is 35.5 Å². The largest absolute Gasteiger partial charge is 0.497 e. The molecule has 27 heavy (non-hydrogen) atoms. The average Bonchev–Trinajstić information content (AvgIpc) is 3.02. The van der Waals surface area contributed by atoms with Crippen LogP contribution in [0.5, 0.6) is 11.5 Å². The Morgan fingerprint density at radius 1 is 1.15 bits per heavy atom. The molecule has 6 heteroatoms. The molecule has 0 radical (unpaired) electrons. The van der Waals surface area contributed by atoms with Gasteiger partial charge in [-0.3, -0.25) is 4.79 Å². The highest BCUT2D eigenvalue weighted by Gasteiger charge is 2.16. The Kier molecular flexibility index (Phi) is 5.76. The van der Waals surface area contributed by atoms with E-state index in [2.05, 4.69) is 10.5 Å². The van der Waals surface area contributed by atoms with Crippen molar-refractivity contribution in [1.82, 2.24) is 10.5 Å². The zero-order valence-corrected chi connectivity index (χ0v) is 15.6. The summed E-state index contributed by atoms with van der Waals surface area (Å²) in [6.45, 7) is 4.38. The highest BCUT2D eigenvalue weighted by molar-refractivity contribution is 5.97. The molecule has 1 aromatic heterocycles. The molecule has 0 spiro atoms. The Balaban J connectivity index is 1.76. The molecule has 0 unspecified atom stereocenters. The lowest BCUT2D eigenvalue weighted by Crippen LogP contribution is -2.23. The van der Waals surface area contributed by atoms with Crippen molar-refractivity contribution in [1.29, 1.82) is 0 Å². The van der Waals surface area contributed by atoms with Gasteiger partial charge in [0.2, 0.25) is 0 Å². The number of rotatable bonds is 7. The Morgan fingerprint density at radius 2 is 1.93 bits per heavy atom. The van der Waals surface area contributed by atoms with Crippen molar-refractivity contribution in [3.8, 4) is 11.5 Å². The molecule has 0 atom stereocenters. The fourth-order valence-corrected chi connectivity index (χ4v) is 2.67. The second kappa shape index (κ2) is 8.40. The van der Waals surface area contributed by atoms with Gasteiger partial charge in [-0.2, -0.15) is 0 Å². The molecule has 0 fully saturated rings. The minimum Gasteiger partial charge on any atom is -0.497 e. The standard InChI is InChI=1S/C21H22N2O4/c1-14-19(15(2)27-23-14)13-26-20-11-17(25-3)9-10-18(20)21(24)22-12-16-7-5-4-6-8-16/h4-11H,12-13H2,1-3H3,(H,22,24). The third-order valence-electron chi connectivity index (χ3n) is 4.28. The number of benzene rings is 2. The van der Waals surface area contributed by atoms with Crippen LogP contribution in [0.1, 0.15) is 32.9 Å². The van der Waals surface area contributed by atoms with Gasteiger partial charge in [0, 0.05) is 12.6 Å². The molecule has 2 aromatic carbocycles. The second-order valence-electron chi connectivity index (χ2n) is 6.12. The van der Waals surface area contributed by atoms with E-state index in [9.17, 15) is 4.79 Å². The minimum absolute atomic E-state index is 0.213. The Hall–Kier alpha value is -3.28. The number of amides is 1. The van der Waals surface area contributed by atoms with Crippen LogP contribution in [0.2, 0.25) is 0 Å². The van der Waals surface area contributed by atoms with Gasteiger partial charge in [0.15, 0.2) is 0 Å². The summed E-state index contributed by atoms with van der Waals surface area (Å²) < 4.78 is 16.3. The van der Waals surface area contributed by atoms with Crippen LogP contribution in [0.15, 0.2) is 53.1 Å². The Bertz CT molecular complexity index is 900. The molecule has 1 N–H and O–H groups in total. The van der Waals surface area contributed by atoms with Crippen LogP contribution < -0.4 is 14.8 Å². The molecule has 0 saturated heterocycles. The number of aryl methyl sites for hydroxylation is 2. The number of hydrogen-bond acceptors (Lipinski definition) is 5. The zero-order valence-electron chi connectivity index (χ0n) is 15.6. The fourth-order valence-electron chi connectivity index (χ4n) is 2.67. The normalized spacial score (nSPS) is 10.5. The molecule has 1 amide bonds. The van der Waals surface area contributed by atoms with Gasteiger partial charge in [0.25, 0.3) is 5.91 Å². The van der Waals surface area contributed by atoms with Crippen LogP contribution in [0.3, 0.4) is 0 Å². The lowest BCUT2D eigenvalue weighted by molar-refractivity contribution is 0.0946. The molecular weight excluding hydrogens is 344 g/mol. The third kappa shape index (κ3) is 4.47. The molecule has 3 rings (SSSR count). The third-order valence-corrected chi connectivity index (χ3v) is 4.28. The second-order valence-corrected chi connectivity index (χ2v) is 6.12. The Labute approximate surface area is 158 Å². The van der Waals surface area contributed by atoms with E-state index in [0.717, 1.165) is 16.8 Å². The Morgan fingerprint density at radius 3 is 2.59 bits per heavy atom. The summed E-state index contributed by atoms with van der Waals surface area (Å²) in [5, 5.41) is 6.84. The van der Waals surface area contributed by atoms with Gasteiger partial charge in [-0.15, -0.1) is 0 Å². The number of carbonyl (C=O) groups excluding carboxylic acids is 1. The lowest BCUT2D eigenvalue weighted by Gasteiger charge is -2.13. The number of nitrogens with one attached hydrogen (secondary N) is 1. The molecule has 0 aliphatic heterocycles. The predicted octanol–water partition coefficient (Wildman–Crippen LogP) is 3.81. The van der Waals surface area contributed by atoms with Gasteiger partial charge in [-0.05, 0) is 31.5 Å². The van der Waals surface area contributed by atoms with Crippen molar-refractivity contribution in [3.05, 3.63) is 76.7 Å². The highest BCUT2D eigenvalue weighted by atomic mass is 16.5. The topological polar surface area (TPSA) is 73.6 Å². The number of carbonyl (C=O) groups is 1. The SMILES string of the molecule is COc1ccc(C(=O)NCc2ccccc2)c(OCc2c(C)noc2C)c1. The molecule has 140 valence electrons. The monoisotopic (exact) mass is 366 g/mol. The molecule has 0 saturated carbocycles. The summed E-state index contributed by atoms with van der Waals surface area (Å²) in [5.41, 5.74) is 3.11. The average molecular weight is 366 g/mol. The summed E-state index contributed by atoms with van der Waals surface area (Å²) in [6, 6.07) is 14.9. The summed E-state index contributed by atoms with van der Waals surface area (Å²) in [4.78, 5) is 12.7. The van der Waals surface area contributed by atoms with Crippen molar-refractivity contribution in [2.24, 2.45) is 0 Å². The van der Waals surface area contributed by atoms with E-state index in [1.54, 1.807) is 25.3 Å².